The van der Waals surface area contributed by atoms with Crippen LogP contribution in [0.5, 0.6) is 11.6 Å². The quantitative estimate of drug-likeness (QED) is 0.724. The van der Waals surface area contributed by atoms with Crippen molar-refractivity contribution in [3.8, 4) is 11.6 Å². The Morgan fingerprint density at radius 3 is 2.73 bits per heavy atom. The summed E-state index contributed by atoms with van der Waals surface area (Å²) in [5.74, 6) is 1.49. The molecular formula is C18H22BrCl2N3O2. The Hall–Kier alpha value is -1.34. The summed E-state index contributed by atoms with van der Waals surface area (Å²) in [6, 6.07) is 11.0. The predicted molar refractivity (Wildman–Crippen MR) is 111 cm³/mol. The normalized spacial score (nSPS) is 15.8. The zero-order chi connectivity index (χ0) is 16.9. The van der Waals surface area contributed by atoms with Crippen LogP contribution in [-0.2, 0) is 0 Å². The first-order chi connectivity index (χ1) is 11.7. The third kappa shape index (κ3) is 5.58. The largest absolute Gasteiger partial charge is 0.438 e. The average Bonchev–Trinajstić information content (AvgIpc) is 3.06. The number of rotatable bonds is 5. The van der Waals surface area contributed by atoms with Gasteiger partial charge < -0.3 is 15.0 Å². The Morgan fingerprint density at radius 1 is 1.31 bits per heavy atom. The lowest BCUT2D eigenvalue weighted by atomic mass is 10.1. The molecule has 1 amide bonds. The van der Waals surface area contributed by atoms with Crippen molar-refractivity contribution in [3.63, 3.8) is 0 Å². The molecule has 1 aromatic heterocycles. The van der Waals surface area contributed by atoms with Crippen LogP contribution in [0.4, 0.5) is 0 Å². The molecule has 5 nitrogen and oxygen atoms in total. The Kier molecular flexibility index (Phi) is 9.36. The standard InChI is InChI=1S/C18H20BrN3O2.2ClH/c1-20-11-13-8-10-22(12-13)18(23)16-3-2-9-21-17(16)24-15-6-4-14(19)5-7-15;;/h2-7,9,13,20H,8,10-12H2,1H3;2*1H. The third-order valence-corrected chi connectivity index (χ3v) is 4.62. The number of aromatic nitrogens is 1. The summed E-state index contributed by atoms with van der Waals surface area (Å²) in [4.78, 5) is 19.0. The SMILES string of the molecule is CNCC1CCN(C(=O)c2cccnc2Oc2ccc(Br)cc2)C1.Cl.Cl. The summed E-state index contributed by atoms with van der Waals surface area (Å²) >= 11 is 3.39. The van der Waals surface area contributed by atoms with Crippen LogP contribution in [0.15, 0.2) is 47.1 Å². The maximum absolute atomic E-state index is 12.8. The van der Waals surface area contributed by atoms with E-state index in [0.29, 0.717) is 23.1 Å². The summed E-state index contributed by atoms with van der Waals surface area (Å²) in [5, 5.41) is 3.18. The van der Waals surface area contributed by atoms with Gasteiger partial charge in [0.15, 0.2) is 0 Å². The molecule has 1 aliphatic heterocycles. The maximum Gasteiger partial charge on any atom is 0.259 e. The minimum Gasteiger partial charge on any atom is -0.438 e. The van der Waals surface area contributed by atoms with Crippen LogP contribution < -0.4 is 10.1 Å². The molecule has 1 N–H and O–H groups in total. The van der Waals surface area contributed by atoms with Crippen LogP contribution >= 0.6 is 40.7 Å². The fourth-order valence-electron chi connectivity index (χ4n) is 2.89. The number of halogens is 3. The zero-order valence-corrected chi connectivity index (χ0v) is 17.6. The number of nitrogens with zero attached hydrogens (tertiary/aromatic N) is 2. The van der Waals surface area contributed by atoms with Crippen LogP contribution in [-0.4, -0.2) is 42.5 Å². The van der Waals surface area contributed by atoms with Gasteiger partial charge in [-0.05, 0) is 62.3 Å². The number of hydrogen-bond donors (Lipinski definition) is 1. The van der Waals surface area contributed by atoms with Crippen molar-refractivity contribution in [3.05, 3.63) is 52.6 Å². The summed E-state index contributed by atoms with van der Waals surface area (Å²) in [5.41, 5.74) is 0.505. The van der Waals surface area contributed by atoms with Gasteiger partial charge in [0.2, 0.25) is 5.88 Å². The molecule has 0 spiro atoms. The third-order valence-electron chi connectivity index (χ3n) is 4.10. The number of likely N-dealkylation sites (tertiary alicyclic amines) is 1. The van der Waals surface area contributed by atoms with Crippen LogP contribution in [0.2, 0.25) is 0 Å². The first kappa shape index (κ1) is 22.7. The van der Waals surface area contributed by atoms with E-state index in [-0.39, 0.29) is 30.7 Å². The van der Waals surface area contributed by atoms with E-state index < -0.39 is 0 Å². The van der Waals surface area contributed by atoms with Crippen LogP contribution in [0, 0.1) is 5.92 Å². The van der Waals surface area contributed by atoms with Gasteiger partial charge in [0.25, 0.3) is 5.91 Å². The fraction of sp³-hybridized carbons (Fsp3) is 0.333. The van der Waals surface area contributed by atoms with Crippen molar-refractivity contribution in [1.29, 1.82) is 0 Å². The van der Waals surface area contributed by atoms with Crippen LogP contribution in [0.3, 0.4) is 0 Å². The summed E-state index contributed by atoms with van der Waals surface area (Å²) < 4.78 is 6.80. The molecule has 0 saturated carbocycles. The van der Waals surface area contributed by atoms with Crippen molar-refractivity contribution >= 4 is 46.7 Å². The highest BCUT2D eigenvalue weighted by Crippen LogP contribution is 2.27. The number of carbonyl (C=O) groups is 1. The molecule has 3 rings (SSSR count). The maximum atomic E-state index is 12.8. The second kappa shape index (κ2) is 10.7. The molecule has 1 aliphatic rings. The molecule has 1 atom stereocenters. The smallest absolute Gasteiger partial charge is 0.259 e. The summed E-state index contributed by atoms with van der Waals surface area (Å²) in [6.45, 7) is 2.48. The van der Waals surface area contributed by atoms with E-state index >= 15 is 0 Å². The van der Waals surface area contributed by atoms with Gasteiger partial charge in [0.05, 0.1) is 0 Å². The molecular weight excluding hydrogens is 441 g/mol. The zero-order valence-electron chi connectivity index (χ0n) is 14.4. The Bertz CT molecular complexity index is 716. The Balaban J connectivity index is 0.00000169. The molecule has 1 fully saturated rings. The first-order valence-electron chi connectivity index (χ1n) is 7.99. The van der Waals surface area contributed by atoms with Gasteiger partial charge in [-0.15, -0.1) is 24.8 Å². The van der Waals surface area contributed by atoms with Crippen molar-refractivity contribution < 1.29 is 9.53 Å². The van der Waals surface area contributed by atoms with Crippen molar-refractivity contribution in [1.82, 2.24) is 15.2 Å². The van der Waals surface area contributed by atoms with Crippen LogP contribution in [0.25, 0.3) is 0 Å². The highest BCUT2D eigenvalue weighted by molar-refractivity contribution is 9.10. The summed E-state index contributed by atoms with van der Waals surface area (Å²) in [7, 11) is 1.94. The highest BCUT2D eigenvalue weighted by Gasteiger charge is 2.28. The first-order valence-corrected chi connectivity index (χ1v) is 8.79. The average molecular weight is 463 g/mol. The number of benzene rings is 1. The van der Waals surface area contributed by atoms with Crippen molar-refractivity contribution in [2.24, 2.45) is 5.92 Å². The second-order valence-electron chi connectivity index (χ2n) is 5.88. The van der Waals surface area contributed by atoms with Crippen molar-refractivity contribution in [2.75, 3.05) is 26.7 Å². The molecule has 0 radical (unpaired) electrons. The lowest BCUT2D eigenvalue weighted by Crippen LogP contribution is -2.30. The Morgan fingerprint density at radius 2 is 2.04 bits per heavy atom. The molecule has 2 aromatic rings. The minimum atomic E-state index is -0.0196. The van der Waals surface area contributed by atoms with Gasteiger partial charge >= 0.3 is 0 Å². The monoisotopic (exact) mass is 461 g/mol. The summed E-state index contributed by atoms with van der Waals surface area (Å²) in [6.07, 6.45) is 2.66. The van der Waals surface area contributed by atoms with E-state index in [1.807, 2.05) is 36.2 Å². The molecule has 8 heteroatoms. The van der Waals surface area contributed by atoms with E-state index in [2.05, 4.69) is 26.2 Å². The van der Waals surface area contributed by atoms with Gasteiger partial charge in [-0.3, -0.25) is 4.79 Å². The molecule has 1 saturated heterocycles. The number of hydrogen-bond acceptors (Lipinski definition) is 4. The predicted octanol–water partition coefficient (Wildman–Crippen LogP) is 4.16. The molecule has 1 unspecified atom stereocenters. The lowest BCUT2D eigenvalue weighted by Gasteiger charge is -2.18. The topological polar surface area (TPSA) is 54.5 Å². The number of carbonyl (C=O) groups excluding carboxylic acids is 1. The van der Waals surface area contributed by atoms with E-state index in [1.54, 1.807) is 18.3 Å². The minimum absolute atomic E-state index is 0. The van der Waals surface area contributed by atoms with Gasteiger partial charge in [-0.2, -0.15) is 0 Å². The molecule has 0 bridgehead atoms. The van der Waals surface area contributed by atoms with Gasteiger partial charge in [0, 0.05) is 23.8 Å². The second-order valence-corrected chi connectivity index (χ2v) is 6.79. The number of nitrogens with one attached hydrogen (secondary N) is 1. The Labute approximate surface area is 174 Å². The van der Waals surface area contributed by atoms with E-state index in [4.69, 9.17) is 4.74 Å². The molecule has 2 heterocycles. The molecule has 142 valence electrons. The van der Waals surface area contributed by atoms with Crippen molar-refractivity contribution in [2.45, 2.75) is 6.42 Å². The van der Waals surface area contributed by atoms with Crippen LogP contribution in [0.1, 0.15) is 16.8 Å². The highest BCUT2D eigenvalue weighted by atomic mass is 79.9. The lowest BCUT2D eigenvalue weighted by molar-refractivity contribution is 0.0784. The van der Waals surface area contributed by atoms with Gasteiger partial charge in [-0.1, -0.05) is 15.9 Å². The molecule has 0 aliphatic carbocycles. The number of pyridine rings is 1. The van der Waals surface area contributed by atoms with Gasteiger partial charge in [0.1, 0.15) is 11.3 Å². The van der Waals surface area contributed by atoms with E-state index in [0.717, 1.165) is 30.5 Å². The fourth-order valence-corrected chi connectivity index (χ4v) is 3.16. The van der Waals surface area contributed by atoms with Gasteiger partial charge in [-0.25, -0.2) is 4.98 Å². The van der Waals surface area contributed by atoms with E-state index in [1.165, 1.54) is 0 Å². The molecule has 1 aromatic carbocycles. The number of amides is 1. The van der Waals surface area contributed by atoms with E-state index in [9.17, 15) is 4.79 Å². The molecule has 26 heavy (non-hydrogen) atoms. The number of ether oxygens (including phenoxy) is 1.